The number of halogens is 1. The second-order valence-electron chi connectivity index (χ2n) is 8.15. The van der Waals surface area contributed by atoms with E-state index in [2.05, 4.69) is 5.10 Å². The number of phosphoric ester groups is 1. The molecule has 1 aliphatic heterocycles. The van der Waals surface area contributed by atoms with Crippen LogP contribution in [0.25, 0.3) is 0 Å². The van der Waals surface area contributed by atoms with Gasteiger partial charge in [-0.2, -0.15) is 9.78 Å². The number of carbonyl (C=O) groups is 1. The van der Waals surface area contributed by atoms with Crippen LogP contribution in [-0.4, -0.2) is 62.5 Å². The third-order valence-corrected chi connectivity index (χ3v) is 6.43. The van der Waals surface area contributed by atoms with Crippen molar-refractivity contribution in [3.05, 3.63) is 57.4 Å². The topological polar surface area (TPSA) is 168 Å². The van der Waals surface area contributed by atoms with E-state index in [1.807, 2.05) is 4.98 Å². The lowest BCUT2D eigenvalue weighted by molar-refractivity contribution is -0.156. The van der Waals surface area contributed by atoms with E-state index in [1.165, 1.54) is 19.1 Å². The second-order valence-corrected chi connectivity index (χ2v) is 9.69. The maximum Gasteiger partial charge on any atom is 0.530 e. The number of nitrogens with one attached hydrogen (secondary N) is 1. The molecule has 1 aromatic heterocycles. The van der Waals surface area contributed by atoms with E-state index < -0.39 is 68.0 Å². The van der Waals surface area contributed by atoms with E-state index in [0.29, 0.717) is 10.9 Å². The Kier molecular flexibility index (Phi) is 8.68. The summed E-state index contributed by atoms with van der Waals surface area (Å²) in [5.41, 5.74) is -5.00. The van der Waals surface area contributed by atoms with Crippen LogP contribution in [0.3, 0.4) is 0 Å². The SMILES string of the molecule is C#C[C@@]1(F)C(O)[C@@H](CO[P@](=O)(Oc2ccccc2)O[C@@H](C)C(=O)OC(C)C)O[C@H]1n1ncc(=O)[nH]c1=O. The number of para-hydroxylation sites is 1. The van der Waals surface area contributed by atoms with Gasteiger partial charge in [0.2, 0.25) is 11.9 Å². The molecule has 2 heterocycles. The number of benzene rings is 1. The standard InChI is InChI=1S/C22H25FN3O10P/c1-5-22(23)18(28)16(34-20(22)26-21(30)25-17(27)11-24-26)12-32-37(31,36-15-9-7-6-8-10-15)35-14(4)19(29)33-13(2)3/h1,6-11,13-14,16,18,20,28H,12H2,2-4H3,(H,25,27,30)/t14-,16+,18?,20+,22+,37-/m0/s1. The minimum Gasteiger partial charge on any atom is -0.461 e. The number of aliphatic hydroxyl groups excluding tert-OH is 1. The smallest absolute Gasteiger partial charge is 0.461 e. The van der Waals surface area contributed by atoms with Crippen LogP contribution >= 0.6 is 7.82 Å². The summed E-state index contributed by atoms with van der Waals surface area (Å²) in [6, 6.07) is 7.69. The van der Waals surface area contributed by atoms with Crippen LogP contribution in [0.4, 0.5) is 4.39 Å². The Bertz CT molecular complexity index is 1310. The van der Waals surface area contributed by atoms with Gasteiger partial charge in [0, 0.05) is 0 Å². The number of carbonyl (C=O) groups excluding carboxylic acids is 1. The maximum atomic E-state index is 15.6. The van der Waals surface area contributed by atoms with Crippen LogP contribution in [0, 0.1) is 12.3 Å². The molecule has 0 aliphatic carbocycles. The number of H-pyrrole nitrogens is 1. The number of rotatable bonds is 10. The molecule has 13 nitrogen and oxygen atoms in total. The lowest BCUT2D eigenvalue weighted by atomic mass is 9.97. The molecule has 1 fully saturated rings. The van der Waals surface area contributed by atoms with E-state index in [4.69, 9.17) is 29.5 Å². The number of aromatic nitrogens is 3. The number of phosphoric acid groups is 1. The average molecular weight is 541 g/mol. The largest absolute Gasteiger partial charge is 0.530 e. The van der Waals surface area contributed by atoms with Gasteiger partial charge >= 0.3 is 19.5 Å². The van der Waals surface area contributed by atoms with Crippen LogP contribution in [-0.2, 0) is 27.9 Å². The minimum absolute atomic E-state index is 0.0495. The Morgan fingerprint density at radius 2 is 2.03 bits per heavy atom. The van der Waals surface area contributed by atoms with Gasteiger partial charge in [-0.05, 0) is 32.9 Å². The Morgan fingerprint density at radius 1 is 1.35 bits per heavy atom. The Morgan fingerprint density at radius 3 is 2.62 bits per heavy atom. The summed E-state index contributed by atoms with van der Waals surface area (Å²) in [4.78, 5) is 37.5. The Balaban J connectivity index is 1.84. The first-order chi connectivity index (χ1) is 17.4. The first-order valence-electron chi connectivity index (χ1n) is 10.9. The Labute approximate surface area is 210 Å². The highest BCUT2D eigenvalue weighted by atomic mass is 31.2. The summed E-state index contributed by atoms with van der Waals surface area (Å²) in [5, 5.41) is 14.1. The van der Waals surface area contributed by atoms with Gasteiger partial charge in [0.05, 0.1) is 12.7 Å². The molecule has 0 spiro atoms. The van der Waals surface area contributed by atoms with Gasteiger partial charge < -0.3 is 19.1 Å². The molecule has 0 bridgehead atoms. The average Bonchev–Trinajstić information content (AvgIpc) is 3.08. The molecule has 1 saturated heterocycles. The van der Waals surface area contributed by atoms with E-state index in [-0.39, 0.29) is 5.75 Å². The van der Waals surface area contributed by atoms with Gasteiger partial charge in [-0.15, -0.1) is 6.42 Å². The van der Waals surface area contributed by atoms with E-state index in [1.54, 1.807) is 38.0 Å². The summed E-state index contributed by atoms with van der Waals surface area (Å²) < 4.78 is 55.8. The number of nitrogens with zero attached hydrogens (tertiary/aromatic N) is 2. The molecule has 0 amide bonds. The summed E-state index contributed by atoms with van der Waals surface area (Å²) in [6.07, 6.45) is -1.62. The van der Waals surface area contributed by atoms with Crippen molar-refractivity contribution >= 4 is 13.8 Å². The predicted molar refractivity (Wildman–Crippen MR) is 124 cm³/mol. The second kappa shape index (κ2) is 11.4. The van der Waals surface area contributed by atoms with Gasteiger partial charge in [-0.1, -0.05) is 24.1 Å². The predicted octanol–water partition coefficient (Wildman–Crippen LogP) is 1.09. The molecule has 2 N–H and O–H groups in total. The number of aromatic amines is 1. The highest BCUT2D eigenvalue weighted by Gasteiger charge is 2.59. The molecule has 1 unspecified atom stereocenters. The lowest BCUT2D eigenvalue weighted by Gasteiger charge is -2.24. The van der Waals surface area contributed by atoms with Gasteiger partial charge in [0.25, 0.3) is 5.56 Å². The van der Waals surface area contributed by atoms with Crippen molar-refractivity contribution < 1.29 is 41.9 Å². The van der Waals surface area contributed by atoms with Gasteiger partial charge in [-0.3, -0.25) is 18.8 Å². The van der Waals surface area contributed by atoms with E-state index in [9.17, 15) is 24.1 Å². The molecule has 2 aromatic rings. The molecule has 3 rings (SSSR count). The number of alkyl halides is 1. The normalized spacial score (nSPS) is 25.7. The van der Waals surface area contributed by atoms with Crippen molar-refractivity contribution in [2.75, 3.05) is 6.61 Å². The van der Waals surface area contributed by atoms with Crippen molar-refractivity contribution in [1.29, 1.82) is 0 Å². The first-order valence-corrected chi connectivity index (χ1v) is 12.4. The third-order valence-electron chi connectivity index (χ3n) is 4.95. The molecule has 0 radical (unpaired) electrons. The van der Waals surface area contributed by atoms with Crippen molar-refractivity contribution in [2.24, 2.45) is 0 Å². The van der Waals surface area contributed by atoms with Crippen molar-refractivity contribution in [3.8, 4) is 18.1 Å². The molecule has 6 atom stereocenters. The van der Waals surface area contributed by atoms with Gasteiger partial charge in [0.1, 0.15) is 24.2 Å². The van der Waals surface area contributed by atoms with E-state index in [0.717, 1.165) is 0 Å². The zero-order valence-electron chi connectivity index (χ0n) is 20.0. The minimum atomic E-state index is -4.63. The van der Waals surface area contributed by atoms with E-state index >= 15 is 4.39 Å². The zero-order chi connectivity index (χ0) is 27.4. The fourth-order valence-corrected chi connectivity index (χ4v) is 4.57. The van der Waals surface area contributed by atoms with Crippen LogP contribution in [0.1, 0.15) is 27.0 Å². The molecular formula is C22H25FN3O10P. The fraction of sp³-hybridized carbons (Fsp3) is 0.455. The lowest BCUT2D eigenvalue weighted by Crippen LogP contribution is -2.46. The number of hydrogen-bond acceptors (Lipinski definition) is 11. The molecule has 1 aliphatic rings. The quantitative estimate of drug-likeness (QED) is 0.251. The van der Waals surface area contributed by atoms with Crippen molar-refractivity contribution in [1.82, 2.24) is 14.8 Å². The third kappa shape index (κ3) is 6.51. The molecule has 15 heteroatoms. The number of hydrogen-bond donors (Lipinski definition) is 2. The summed E-state index contributed by atoms with van der Waals surface area (Å²) in [7, 11) is -4.63. The number of ether oxygens (including phenoxy) is 2. The monoisotopic (exact) mass is 541 g/mol. The highest BCUT2D eigenvalue weighted by molar-refractivity contribution is 7.49. The van der Waals surface area contributed by atoms with Crippen molar-refractivity contribution in [3.63, 3.8) is 0 Å². The van der Waals surface area contributed by atoms with Crippen LogP contribution < -0.4 is 15.8 Å². The Hall–Kier alpha value is -3.34. The summed E-state index contributed by atoms with van der Waals surface area (Å²) >= 11 is 0. The molecular weight excluding hydrogens is 516 g/mol. The van der Waals surface area contributed by atoms with Gasteiger partial charge in [0.15, 0.2) is 6.10 Å². The van der Waals surface area contributed by atoms with Gasteiger partial charge in [-0.25, -0.2) is 18.5 Å². The molecule has 37 heavy (non-hydrogen) atoms. The molecule has 200 valence electrons. The highest BCUT2D eigenvalue weighted by Crippen LogP contribution is 2.52. The fourth-order valence-electron chi connectivity index (χ4n) is 3.23. The van der Waals surface area contributed by atoms with Crippen LogP contribution in [0.15, 0.2) is 46.1 Å². The number of terminal acetylenes is 1. The van der Waals surface area contributed by atoms with Crippen LogP contribution in [0.5, 0.6) is 5.75 Å². The van der Waals surface area contributed by atoms with Crippen LogP contribution in [0.2, 0.25) is 0 Å². The molecule has 1 aromatic carbocycles. The number of esters is 1. The van der Waals surface area contributed by atoms with Crippen molar-refractivity contribution in [2.45, 2.75) is 57.1 Å². The summed E-state index contributed by atoms with van der Waals surface area (Å²) in [6.45, 7) is 3.64. The first kappa shape index (κ1) is 28.2. The zero-order valence-corrected chi connectivity index (χ0v) is 20.9. The maximum absolute atomic E-state index is 15.6. The number of aliphatic hydroxyl groups is 1. The summed E-state index contributed by atoms with van der Waals surface area (Å²) in [5.74, 6) is 0.925. The molecule has 0 saturated carbocycles.